The maximum absolute atomic E-state index is 6.02. The third kappa shape index (κ3) is 2.98. The maximum Gasteiger partial charge on any atom is 0.124 e. The SMILES string of the molecule is CC(C)C(N)CCNc1ccnn1C1CNC1. The molecule has 0 saturated carbocycles. The van der Waals surface area contributed by atoms with Crippen molar-refractivity contribution >= 4 is 5.82 Å². The van der Waals surface area contributed by atoms with Crippen molar-refractivity contribution in [1.29, 1.82) is 0 Å². The van der Waals surface area contributed by atoms with Crippen LogP contribution in [0.5, 0.6) is 0 Å². The minimum Gasteiger partial charge on any atom is -0.370 e. The zero-order valence-electron chi connectivity index (χ0n) is 10.7. The quantitative estimate of drug-likeness (QED) is 0.685. The Morgan fingerprint density at radius 3 is 2.94 bits per heavy atom. The molecule has 2 heterocycles. The van der Waals surface area contributed by atoms with E-state index in [1.807, 2.05) is 12.3 Å². The molecule has 5 heteroatoms. The molecule has 0 radical (unpaired) electrons. The van der Waals surface area contributed by atoms with Crippen LogP contribution in [0, 0.1) is 5.92 Å². The van der Waals surface area contributed by atoms with Gasteiger partial charge in [-0.3, -0.25) is 0 Å². The van der Waals surface area contributed by atoms with E-state index in [4.69, 9.17) is 5.73 Å². The van der Waals surface area contributed by atoms with E-state index in [1.54, 1.807) is 0 Å². The molecule has 1 saturated heterocycles. The van der Waals surface area contributed by atoms with E-state index in [2.05, 4.69) is 34.3 Å². The smallest absolute Gasteiger partial charge is 0.124 e. The van der Waals surface area contributed by atoms with Crippen LogP contribution in [0.15, 0.2) is 12.3 Å². The van der Waals surface area contributed by atoms with Crippen LogP contribution >= 0.6 is 0 Å². The van der Waals surface area contributed by atoms with Gasteiger partial charge in [-0.2, -0.15) is 5.10 Å². The molecule has 1 aromatic rings. The predicted octanol–water partition coefficient (Wildman–Crippen LogP) is 0.813. The first kappa shape index (κ1) is 12.4. The molecule has 5 nitrogen and oxygen atoms in total. The van der Waals surface area contributed by atoms with Gasteiger partial charge in [-0.15, -0.1) is 0 Å². The molecule has 17 heavy (non-hydrogen) atoms. The van der Waals surface area contributed by atoms with Gasteiger partial charge < -0.3 is 16.4 Å². The van der Waals surface area contributed by atoms with Gasteiger partial charge in [-0.25, -0.2) is 4.68 Å². The van der Waals surface area contributed by atoms with Crippen LogP contribution in [-0.4, -0.2) is 35.5 Å². The molecule has 1 fully saturated rings. The zero-order valence-corrected chi connectivity index (χ0v) is 10.7. The Balaban J connectivity index is 1.80. The minimum absolute atomic E-state index is 0.268. The van der Waals surface area contributed by atoms with Gasteiger partial charge in [-0.1, -0.05) is 13.8 Å². The summed E-state index contributed by atoms with van der Waals surface area (Å²) in [6.45, 7) is 7.26. The number of hydrogen-bond donors (Lipinski definition) is 3. The molecule has 2 rings (SSSR count). The molecule has 1 aromatic heterocycles. The second-order valence-corrected chi connectivity index (χ2v) is 5.10. The number of rotatable bonds is 6. The molecule has 96 valence electrons. The second-order valence-electron chi connectivity index (χ2n) is 5.10. The molecule has 0 aliphatic carbocycles. The second kappa shape index (κ2) is 5.51. The van der Waals surface area contributed by atoms with Crippen LogP contribution < -0.4 is 16.4 Å². The van der Waals surface area contributed by atoms with Crippen molar-refractivity contribution in [2.75, 3.05) is 25.0 Å². The van der Waals surface area contributed by atoms with Gasteiger partial charge >= 0.3 is 0 Å². The van der Waals surface area contributed by atoms with E-state index >= 15 is 0 Å². The van der Waals surface area contributed by atoms with Crippen molar-refractivity contribution < 1.29 is 0 Å². The molecular formula is C12H23N5. The summed E-state index contributed by atoms with van der Waals surface area (Å²) in [6.07, 6.45) is 2.84. The van der Waals surface area contributed by atoms with E-state index in [-0.39, 0.29) is 6.04 Å². The zero-order chi connectivity index (χ0) is 12.3. The third-order valence-electron chi connectivity index (χ3n) is 3.42. The Labute approximate surface area is 103 Å². The van der Waals surface area contributed by atoms with E-state index in [0.717, 1.165) is 31.9 Å². The maximum atomic E-state index is 6.02. The van der Waals surface area contributed by atoms with Gasteiger partial charge in [0.05, 0.1) is 12.2 Å². The Kier molecular flexibility index (Phi) is 4.02. The van der Waals surface area contributed by atoms with Crippen LogP contribution in [0.3, 0.4) is 0 Å². The fraction of sp³-hybridized carbons (Fsp3) is 0.750. The molecule has 4 N–H and O–H groups in total. The van der Waals surface area contributed by atoms with Crippen molar-refractivity contribution in [3.63, 3.8) is 0 Å². The van der Waals surface area contributed by atoms with Crippen LogP contribution in [0.25, 0.3) is 0 Å². The first-order valence-corrected chi connectivity index (χ1v) is 6.42. The van der Waals surface area contributed by atoms with E-state index in [1.165, 1.54) is 0 Å². The molecule has 0 bridgehead atoms. The van der Waals surface area contributed by atoms with Gasteiger partial charge in [0.2, 0.25) is 0 Å². The van der Waals surface area contributed by atoms with Crippen molar-refractivity contribution in [2.45, 2.75) is 32.4 Å². The summed E-state index contributed by atoms with van der Waals surface area (Å²) in [7, 11) is 0. The van der Waals surface area contributed by atoms with Crippen molar-refractivity contribution in [2.24, 2.45) is 11.7 Å². The number of anilines is 1. The summed E-state index contributed by atoms with van der Waals surface area (Å²) in [5.41, 5.74) is 6.02. The van der Waals surface area contributed by atoms with Crippen molar-refractivity contribution in [1.82, 2.24) is 15.1 Å². The van der Waals surface area contributed by atoms with Gasteiger partial charge in [0, 0.05) is 31.7 Å². The van der Waals surface area contributed by atoms with Crippen molar-refractivity contribution in [3.05, 3.63) is 12.3 Å². The fourth-order valence-electron chi connectivity index (χ4n) is 1.89. The summed E-state index contributed by atoms with van der Waals surface area (Å²) in [5.74, 6) is 1.64. The highest BCUT2D eigenvalue weighted by Gasteiger charge is 2.21. The molecule has 0 spiro atoms. The average molecular weight is 237 g/mol. The molecule has 1 atom stereocenters. The largest absolute Gasteiger partial charge is 0.370 e. The molecular weight excluding hydrogens is 214 g/mol. The molecule has 1 unspecified atom stereocenters. The lowest BCUT2D eigenvalue weighted by atomic mass is 10.0. The molecule has 1 aliphatic rings. The minimum atomic E-state index is 0.268. The first-order chi connectivity index (χ1) is 8.18. The van der Waals surface area contributed by atoms with E-state index in [0.29, 0.717) is 12.0 Å². The monoisotopic (exact) mass is 237 g/mol. The summed E-state index contributed by atoms with van der Waals surface area (Å²) < 4.78 is 2.07. The number of aromatic nitrogens is 2. The van der Waals surface area contributed by atoms with Crippen LogP contribution in [0.4, 0.5) is 5.82 Å². The van der Waals surface area contributed by atoms with Crippen LogP contribution in [-0.2, 0) is 0 Å². The van der Waals surface area contributed by atoms with E-state index < -0.39 is 0 Å². The number of nitrogens with two attached hydrogens (primary N) is 1. The molecule has 0 aromatic carbocycles. The normalized spacial score (nSPS) is 18.1. The molecule has 0 amide bonds. The Morgan fingerprint density at radius 1 is 1.59 bits per heavy atom. The Bertz CT molecular complexity index is 342. The third-order valence-corrected chi connectivity index (χ3v) is 3.42. The van der Waals surface area contributed by atoms with Crippen LogP contribution in [0.2, 0.25) is 0 Å². The average Bonchev–Trinajstić information content (AvgIpc) is 2.63. The summed E-state index contributed by atoms with van der Waals surface area (Å²) in [4.78, 5) is 0. The van der Waals surface area contributed by atoms with Gasteiger partial charge in [0.15, 0.2) is 0 Å². The predicted molar refractivity (Wildman–Crippen MR) is 70.1 cm³/mol. The van der Waals surface area contributed by atoms with Gasteiger partial charge in [-0.05, 0) is 12.3 Å². The van der Waals surface area contributed by atoms with Gasteiger partial charge in [0.25, 0.3) is 0 Å². The van der Waals surface area contributed by atoms with E-state index in [9.17, 15) is 0 Å². The number of hydrogen-bond acceptors (Lipinski definition) is 4. The standard InChI is InChI=1S/C12H23N5/c1-9(2)11(13)3-5-15-12-4-6-16-17(12)10-7-14-8-10/h4,6,9-11,14-15H,3,5,7-8,13H2,1-2H3. The number of nitrogens with one attached hydrogen (secondary N) is 2. The lowest BCUT2D eigenvalue weighted by Gasteiger charge is -2.29. The lowest BCUT2D eigenvalue weighted by Crippen LogP contribution is -2.44. The highest BCUT2D eigenvalue weighted by molar-refractivity contribution is 5.34. The van der Waals surface area contributed by atoms with Crippen molar-refractivity contribution in [3.8, 4) is 0 Å². The highest BCUT2D eigenvalue weighted by Crippen LogP contribution is 2.17. The summed E-state index contributed by atoms with van der Waals surface area (Å²) in [5, 5.41) is 11.0. The summed E-state index contributed by atoms with van der Waals surface area (Å²) in [6, 6.07) is 2.80. The summed E-state index contributed by atoms with van der Waals surface area (Å²) >= 11 is 0. The lowest BCUT2D eigenvalue weighted by molar-refractivity contribution is 0.321. The number of nitrogens with zero attached hydrogens (tertiary/aromatic N) is 2. The molecule has 1 aliphatic heterocycles. The van der Waals surface area contributed by atoms with Crippen LogP contribution in [0.1, 0.15) is 26.3 Å². The topological polar surface area (TPSA) is 67.9 Å². The van der Waals surface area contributed by atoms with Gasteiger partial charge in [0.1, 0.15) is 5.82 Å². The Morgan fingerprint density at radius 2 is 2.35 bits per heavy atom. The first-order valence-electron chi connectivity index (χ1n) is 6.42. The Hall–Kier alpha value is -1.07. The highest BCUT2D eigenvalue weighted by atomic mass is 15.4. The fourth-order valence-corrected chi connectivity index (χ4v) is 1.89.